The van der Waals surface area contributed by atoms with E-state index in [0.717, 1.165) is 74.2 Å². The summed E-state index contributed by atoms with van der Waals surface area (Å²) >= 11 is 0. The van der Waals surface area contributed by atoms with Crippen LogP contribution in [-0.2, 0) is 15.8 Å². The standard InChI is InChI=1S/C44H44FNO2/c1-5-20-43(21-6-2)39-28-30(4)8-18-36(39)40-38-27-29(3)7-17-35(38)42-37(41(40)43)19-22-44(48-42,31-9-13-33(45)14-10-31)32-11-15-34(16-12-32)46-23-25-47-26-24-46/h7-19,22,27-28H,5-6,20-21,23-26H2,1-4H3. The third-order valence-electron chi connectivity index (χ3n) is 10.9. The van der Waals surface area contributed by atoms with Crippen molar-refractivity contribution in [2.45, 2.75) is 64.4 Å². The summed E-state index contributed by atoms with van der Waals surface area (Å²) in [5, 5.41) is 2.36. The van der Waals surface area contributed by atoms with Crippen LogP contribution in [-0.4, -0.2) is 26.3 Å². The summed E-state index contributed by atoms with van der Waals surface area (Å²) in [5.41, 5.74) is 11.4. The van der Waals surface area contributed by atoms with Crippen LogP contribution >= 0.6 is 0 Å². The minimum atomic E-state index is -0.934. The molecule has 0 spiro atoms. The molecule has 48 heavy (non-hydrogen) atoms. The highest BCUT2D eigenvalue weighted by atomic mass is 19.1. The van der Waals surface area contributed by atoms with Gasteiger partial charge in [0.15, 0.2) is 5.60 Å². The molecule has 1 aliphatic carbocycles. The number of anilines is 1. The summed E-state index contributed by atoms with van der Waals surface area (Å²) in [5.74, 6) is 0.654. The molecule has 0 saturated carbocycles. The molecule has 1 atom stereocenters. The molecule has 0 radical (unpaired) electrons. The lowest BCUT2D eigenvalue weighted by Gasteiger charge is -2.40. The van der Waals surface area contributed by atoms with E-state index >= 15 is 0 Å². The third-order valence-corrected chi connectivity index (χ3v) is 10.9. The van der Waals surface area contributed by atoms with Gasteiger partial charge in [0.05, 0.1) is 13.2 Å². The average Bonchev–Trinajstić information content (AvgIpc) is 3.38. The van der Waals surface area contributed by atoms with Crippen LogP contribution in [0.4, 0.5) is 10.1 Å². The molecule has 0 amide bonds. The summed E-state index contributed by atoms with van der Waals surface area (Å²) in [6.45, 7) is 12.3. The molecule has 2 heterocycles. The van der Waals surface area contributed by atoms with Gasteiger partial charge in [-0.15, -0.1) is 0 Å². The summed E-state index contributed by atoms with van der Waals surface area (Å²) in [4.78, 5) is 2.37. The molecule has 3 nitrogen and oxygen atoms in total. The van der Waals surface area contributed by atoms with Gasteiger partial charge in [0.2, 0.25) is 0 Å². The molecule has 8 rings (SSSR count). The molecule has 3 aliphatic rings. The second kappa shape index (κ2) is 11.9. The lowest BCUT2D eigenvalue weighted by atomic mass is 9.69. The molecule has 1 saturated heterocycles. The van der Waals surface area contributed by atoms with Gasteiger partial charge in [-0.1, -0.05) is 105 Å². The number of hydrogen-bond acceptors (Lipinski definition) is 3. The van der Waals surface area contributed by atoms with Gasteiger partial charge in [-0.05, 0) is 84.7 Å². The molecule has 0 bridgehead atoms. The second-order valence-electron chi connectivity index (χ2n) is 14.0. The van der Waals surface area contributed by atoms with E-state index in [9.17, 15) is 4.39 Å². The SMILES string of the molecule is CCCC1(CCC)c2cc(C)ccc2-c2c1c1c(c3ccc(C)cc23)OC(c2ccc(F)cc2)(c2ccc(N3CCOCC3)cc2)C=C1. The first-order valence-electron chi connectivity index (χ1n) is 17.7. The Hall–Kier alpha value is -4.41. The first-order chi connectivity index (χ1) is 23.4. The predicted molar refractivity (Wildman–Crippen MR) is 196 cm³/mol. The Bertz CT molecular complexity index is 2030. The molecule has 5 aromatic carbocycles. The lowest BCUT2D eigenvalue weighted by molar-refractivity contribution is 0.122. The van der Waals surface area contributed by atoms with Gasteiger partial charge in [0.25, 0.3) is 0 Å². The summed E-state index contributed by atoms with van der Waals surface area (Å²) < 4.78 is 27.5. The van der Waals surface area contributed by atoms with E-state index in [4.69, 9.17) is 9.47 Å². The second-order valence-corrected chi connectivity index (χ2v) is 14.0. The molecule has 5 aromatic rings. The van der Waals surface area contributed by atoms with Crippen molar-refractivity contribution >= 4 is 22.5 Å². The van der Waals surface area contributed by atoms with Gasteiger partial charge in [0.1, 0.15) is 11.6 Å². The Morgan fingerprint density at radius 3 is 2.08 bits per heavy atom. The molecular formula is C44H44FNO2. The van der Waals surface area contributed by atoms with Crippen molar-refractivity contribution in [3.63, 3.8) is 0 Å². The van der Waals surface area contributed by atoms with Gasteiger partial charge in [-0.25, -0.2) is 4.39 Å². The van der Waals surface area contributed by atoms with Crippen molar-refractivity contribution in [1.82, 2.24) is 0 Å². The van der Waals surface area contributed by atoms with E-state index in [0.29, 0.717) is 0 Å². The van der Waals surface area contributed by atoms with Crippen molar-refractivity contribution in [2.75, 3.05) is 31.2 Å². The zero-order chi connectivity index (χ0) is 33.0. The highest BCUT2D eigenvalue weighted by molar-refractivity contribution is 6.09. The van der Waals surface area contributed by atoms with Crippen molar-refractivity contribution < 1.29 is 13.9 Å². The van der Waals surface area contributed by atoms with E-state index < -0.39 is 5.60 Å². The number of morpholine rings is 1. The lowest BCUT2D eigenvalue weighted by Crippen LogP contribution is -2.37. The highest BCUT2D eigenvalue weighted by Crippen LogP contribution is 2.61. The average molecular weight is 638 g/mol. The summed E-state index contributed by atoms with van der Waals surface area (Å²) in [7, 11) is 0. The van der Waals surface area contributed by atoms with Crippen LogP contribution in [0.3, 0.4) is 0 Å². The Labute approximate surface area is 284 Å². The molecule has 244 valence electrons. The Balaban J connectivity index is 1.39. The van der Waals surface area contributed by atoms with Gasteiger partial charge in [-0.3, -0.25) is 0 Å². The van der Waals surface area contributed by atoms with E-state index in [1.54, 1.807) is 12.1 Å². The highest BCUT2D eigenvalue weighted by Gasteiger charge is 2.47. The molecular weight excluding hydrogens is 593 g/mol. The third kappa shape index (κ3) is 4.71. The van der Waals surface area contributed by atoms with E-state index in [2.05, 4.69) is 105 Å². The van der Waals surface area contributed by atoms with Gasteiger partial charge < -0.3 is 14.4 Å². The smallest absolute Gasteiger partial charge is 0.178 e. The monoisotopic (exact) mass is 637 g/mol. The largest absolute Gasteiger partial charge is 0.472 e. The number of benzene rings is 5. The number of fused-ring (bicyclic) bond motifs is 8. The maximum atomic E-state index is 14.4. The first kappa shape index (κ1) is 30.9. The van der Waals surface area contributed by atoms with Crippen molar-refractivity contribution in [3.05, 3.63) is 136 Å². The van der Waals surface area contributed by atoms with Crippen LogP contribution in [0.25, 0.3) is 28.0 Å². The van der Waals surface area contributed by atoms with Gasteiger partial charge in [0, 0.05) is 46.3 Å². The zero-order valence-corrected chi connectivity index (χ0v) is 28.5. The maximum absolute atomic E-state index is 14.4. The number of halogens is 1. The molecule has 0 aromatic heterocycles. The summed E-state index contributed by atoms with van der Waals surface area (Å²) in [6, 6.07) is 29.4. The van der Waals surface area contributed by atoms with Crippen molar-refractivity contribution in [2.24, 2.45) is 0 Å². The number of rotatable bonds is 7. The Morgan fingerprint density at radius 2 is 1.40 bits per heavy atom. The Kier molecular flexibility index (Phi) is 7.68. The number of nitrogens with zero attached hydrogens (tertiary/aromatic N) is 1. The van der Waals surface area contributed by atoms with Crippen molar-refractivity contribution in [3.8, 4) is 16.9 Å². The number of aryl methyl sites for hydroxylation is 2. The molecule has 1 unspecified atom stereocenters. The van der Waals surface area contributed by atoms with E-state index in [-0.39, 0.29) is 11.2 Å². The van der Waals surface area contributed by atoms with E-state index in [1.165, 1.54) is 50.0 Å². The molecule has 1 fully saturated rings. The van der Waals surface area contributed by atoms with Gasteiger partial charge in [-0.2, -0.15) is 0 Å². The van der Waals surface area contributed by atoms with Crippen LogP contribution in [0.15, 0.2) is 91.0 Å². The predicted octanol–water partition coefficient (Wildman–Crippen LogP) is 10.6. The fraction of sp³-hybridized carbons (Fsp3) is 0.318. The minimum absolute atomic E-state index is 0.106. The zero-order valence-electron chi connectivity index (χ0n) is 28.5. The summed E-state index contributed by atoms with van der Waals surface area (Å²) in [6.07, 6.45) is 8.89. The van der Waals surface area contributed by atoms with Crippen molar-refractivity contribution in [1.29, 1.82) is 0 Å². The Morgan fingerprint density at radius 1 is 0.750 bits per heavy atom. The minimum Gasteiger partial charge on any atom is -0.472 e. The van der Waals surface area contributed by atoms with Crippen LogP contribution in [0.5, 0.6) is 5.75 Å². The van der Waals surface area contributed by atoms with Crippen LogP contribution in [0, 0.1) is 19.7 Å². The van der Waals surface area contributed by atoms with Crippen LogP contribution < -0.4 is 9.64 Å². The quantitative estimate of drug-likeness (QED) is 0.177. The fourth-order valence-corrected chi connectivity index (χ4v) is 8.85. The first-order valence-corrected chi connectivity index (χ1v) is 17.7. The van der Waals surface area contributed by atoms with Crippen LogP contribution in [0.1, 0.15) is 78.5 Å². The van der Waals surface area contributed by atoms with Gasteiger partial charge >= 0.3 is 0 Å². The number of ether oxygens (including phenoxy) is 2. The molecule has 2 aliphatic heterocycles. The topological polar surface area (TPSA) is 21.7 Å². The molecule has 4 heteroatoms. The fourth-order valence-electron chi connectivity index (χ4n) is 8.85. The molecule has 0 N–H and O–H groups in total. The van der Waals surface area contributed by atoms with Crippen LogP contribution in [0.2, 0.25) is 0 Å². The van der Waals surface area contributed by atoms with E-state index in [1.807, 2.05) is 12.1 Å². The maximum Gasteiger partial charge on any atom is 0.178 e. The number of hydrogen-bond donors (Lipinski definition) is 0. The normalized spacial score (nSPS) is 19.1.